The second-order valence-electron chi connectivity index (χ2n) is 5.79. The maximum atomic E-state index is 13.0. The van der Waals surface area contributed by atoms with E-state index in [9.17, 15) is 9.59 Å². The molecule has 0 radical (unpaired) electrons. The first-order valence-electron chi connectivity index (χ1n) is 7.88. The number of hydrogen-bond acceptors (Lipinski definition) is 3. The molecule has 122 valence electrons. The zero-order chi connectivity index (χ0) is 17.1. The van der Waals surface area contributed by atoms with E-state index in [-0.39, 0.29) is 23.6 Å². The van der Waals surface area contributed by atoms with Gasteiger partial charge in [0.05, 0.1) is 0 Å². The molecule has 0 saturated heterocycles. The number of aromatic nitrogens is 1. The van der Waals surface area contributed by atoms with Crippen molar-refractivity contribution >= 4 is 17.5 Å². The minimum atomic E-state index is -0.320. The molecule has 1 unspecified atom stereocenters. The van der Waals surface area contributed by atoms with Crippen molar-refractivity contribution in [3.05, 3.63) is 72.1 Å². The first kappa shape index (κ1) is 15.9. The lowest BCUT2D eigenvalue weighted by molar-refractivity contribution is 0.0953. The van der Waals surface area contributed by atoms with E-state index in [2.05, 4.69) is 16.9 Å². The van der Waals surface area contributed by atoms with Crippen LogP contribution in [0.3, 0.4) is 0 Å². The van der Waals surface area contributed by atoms with Gasteiger partial charge in [-0.25, -0.2) is 0 Å². The standard InChI is InChI=1S/C19H19N3O2/c1-3-9-21-18(23)16-12-15(8-10-20-16)19(24)22-13(2)11-14-6-4-5-7-17(14)22/h3-8,10,12-13H,1,9,11H2,2H3,(H,21,23). The normalized spacial score (nSPS) is 15.7. The van der Waals surface area contributed by atoms with Crippen LogP contribution in [0.2, 0.25) is 0 Å². The highest BCUT2D eigenvalue weighted by Crippen LogP contribution is 2.33. The van der Waals surface area contributed by atoms with E-state index in [0.717, 1.165) is 17.7 Å². The van der Waals surface area contributed by atoms with E-state index in [0.29, 0.717) is 12.1 Å². The molecule has 1 atom stereocenters. The van der Waals surface area contributed by atoms with E-state index >= 15 is 0 Å². The number of hydrogen-bond donors (Lipinski definition) is 1. The molecule has 5 nitrogen and oxygen atoms in total. The van der Waals surface area contributed by atoms with E-state index < -0.39 is 0 Å². The zero-order valence-electron chi connectivity index (χ0n) is 13.5. The Hall–Kier alpha value is -2.95. The monoisotopic (exact) mass is 321 g/mol. The average Bonchev–Trinajstić information content (AvgIpc) is 2.94. The third kappa shape index (κ3) is 2.93. The van der Waals surface area contributed by atoms with Gasteiger partial charge in [0.15, 0.2) is 0 Å². The lowest BCUT2D eigenvalue weighted by atomic mass is 10.1. The van der Waals surface area contributed by atoms with Crippen molar-refractivity contribution in [2.45, 2.75) is 19.4 Å². The number of nitrogens with one attached hydrogen (secondary N) is 1. The fraction of sp³-hybridized carbons (Fsp3) is 0.211. The molecule has 0 aliphatic carbocycles. The van der Waals surface area contributed by atoms with Gasteiger partial charge in [-0.3, -0.25) is 14.6 Å². The summed E-state index contributed by atoms with van der Waals surface area (Å²) in [4.78, 5) is 30.8. The highest BCUT2D eigenvalue weighted by Gasteiger charge is 2.31. The summed E-state index contributed by atoms with van der Waals surface area (Å²) < 4.78 is 0. The Labute approximate surface area is 141 Å². The van der Waals surface area contributed by atoms with Crippen LogP contribution in [0.4, 0.5) is 5.69 Å². The number of amides is 2. The molecule has 1 N–H and O–H groups in total. The second kappa shape index (κ2) is 6.66. The summed E-state index contributed by atoms with van der Waals surface area (Å²) in [6, 6.07) is 11.2. The largest absolute Gasteiger partial charge is 0.347 e. The molecule has 5 heteroatoms. The van der Waals surface area contributed by atoms with Gasteiger partial charge in [0.25, 0.3) is 11.8 Å². The fourth-order valence-electron chi connectivity index (χ4n) is 2.96. The summed E-state index contributed by atoms with van der Waals surface area (Å²) in [6.07, 6.45) is 3.91. The van der Waals surface area contributed by atoms with Crippen LogP contribution < -0.4 is 10.2 Å². The Kier molecular flexibility index (Phi) is 4.42. The molecule has 1 aromatic carbocycles. The Balaban J connectivity index is 1.88. The summed E-state index contributed by atoms with van der Waals surface area (Å²) in [5, 5.41) is 2.66. The van der Waals surface area contributed by atoms with Gasteiger partial charge in [0.2, 0.25) is 0 Å². The number of benzene rings is 1. The molecule has 2 heterocycles. The Morgan fingerprint density at radius 3 is 2.96 bits per heavy atom. The highest BCUT2D eigenvalue weighted by molar-refractivity contribution is 6.08. The maximum Gasteiger partial charge on any atom is 0.270 e. The molecule has 2 amide bonds. The molecule has 1 aliphatic heterocycles. The maximum absolute atomic E-state index is 13.0. The van der Waals surface area contributed by atoms with Crippen molar-refractivity contribution in [3.8, 4) is 0 Å². The van der Waals surface area contributed by atoms with Crippen molar-refractivity contribution < 1.29 is 9.59 Å². The van der Waals surface area contributed by atoms with Gasteiger partial charge >= 0.3 is 0 Å². The lowest BCUT2D eigenvalue weighted by Gasteiger charge is -2.23. The third-order valence-electron chi connectivity index (χ3n) is 4.07. The number of rotatable bonds is 4. The average molecular weight is 321 g/mol. The summed E-state index contributed by atoms with van der Waals surface area (Å²) in [5.74, 6) is -0.438. The first-order valence-corrected chi connectivity index (χ1v) is 7.88. The smallest absolute Gasteiger partial charge is 0.270 e. The van der Waals surface area contributed by atoms with Crippen LogP contribution in [0.15, 0.2) is 55.3 Å². The predicted molar refractivity (Wildman–Crippen MR) is 93.2 cm³/mol. The number of nitrogens with zero attached hydrogens (tertiary/aromatic N) is 2. The van der Waals surface area contributed by atoms with Crippen molar-refractivity contribution in [2.24, 2.45) is 0 Å². The summed E-state index contributed by atoms with van der Waals surface area (Å²) in [5.41, 5.74) is 2.78. The molecule has 1 aliphatic rings. The minimum Gasteiger partial charge on any atom is -0.347 e. The molecule has 0 bridgehead atoms. The summed E-state index contributed by atoms with van der Waals surface area (Å²) in [6.45, 7) is 5.94. The molecule has 0 spiro atoms. The second-order valence-corrected chi connectivity index (χ2v) is 5.79. The van der Waals surface area contributed by atoms with Crippen LogP contribution in [0.5, 0.6) is 0 Å². The van der Waals surface area contributed by atoms with Gasteiger partial charge in [-0.05, 0) is 37.1 Å². The first-order chi connectivity index (χ1) is 11.6. The van der Waals surface area contributed by atoms with Crippen molar-refractivity contribution in [1.82, 2.24) is 10.3 Å². The predicted octanol–water partition coefficient (Wildman–Crippen LogP) is 2.59. The number of fused-ring (bicyclic) bond motifs is 1. The number of carbonyl (C=O) groups excluding carboxylic acids is 2. The zero-order valence-corrected chi connectivity index (χ0v) is 13.5. The topological polar surface area (TPSA) is 62.3 Å². The minimum absolute atomic E-state index is 0.0844. The van der Waals surface area contributed by atoms with Crippen LogP contribution in [-0.2, 0) is 6.42 Å². The number of para-hydroxylation sites is 1. The van der Waals surface area contributed by atoms with Gasteiger partial charge in [-0.2, -0.15) is 0 Å². The molecule has 3 rings (SSSR count). The Morgan fingerprint density at radius 2 is 2.17 bits per heavy atom. The van der Waals surface area contributed by atoms with E-state index in [1.54, 1.807) is 17.0 Å². The van der Waals surface area contributed by atoms with Gasteiger partial charge in [0, 0.05) is 30.0 Å². The molecular formula is C19H19N3O2. The van der Waals surface area contributed by atoms with Crippen LogP contribution in [0.1, 0.15) is 33.3 Å². The van der Waals surface area contributed by atoms with E-state index in [1.807, 2.05) is 31.2 Å². The van der Waals surface area contributed by atoms with Gasteiger partial charge < -0.3 is 10.2 Å². The number of carbonyl (C=O) groups is 2. The molecule has 0 saturated carbocycles. The van der Waals surface area contributed by atoms with Gasteiger partial charge in [-0.1, -0.05) is 24.3 Å². The number of anilines is 1. The quantitative estimate of drug-likeness (QED) is 0.881. The fourth-order valence-corrected chi connectivity index (χ4v) is 2.96. The third-order valence-corrected chi connectivity index (χ3v) is 4.07. The van der Waals surface area contributed by atoms with Crippen molar-refractivity contribution in [1.29, 1.82) is 0 Å². The van der Waals surface area contributed by atoms with E-state index in [1.165, 1.54) is 12.3 Å². The SMILES string of the molecule is C=CCNC(=O)c1cc(C(=O)N2c3ccccc3CC2C)ccn1. The van der Waals surface area contributed by atoms with Crippen molar-refractivity contribution in [3.63, 3.8) is 0 Å². The highest BCUT2D eigenvalue weighted by atomic mass is 16.2. The Bertz CT molecular complexity index is 801. The van der Waals surface area contributed by atoms with Crippen LogP contribution in [-0.4, -0.2) is 29.4 Å². The molecule has 1 aromatic heterocycles. The molecule has 2 aromatic rings. The summed E-state index contributed by atoms with van der Waals surface area (Å²) in [7, 11) is 0. The molecule has 24 heavy (non-hydrogen) atoms. The van der Waals surface area contributed by atoms with Crippen LogP contribution in [0.25, 0.3) is 0 Å². The lowest BCUT2D eigenvalue weighted by Crippen LogP contribution is -2.36. The van der Waals surface area contributed by atoms with Gasteiger partial charge in [-0.15, -0.1) is 6.58 Å². The van der Waals surface area contributed by atoms with Crippen LogP contribution >= 0.6 is 0 Å². The van der Waals surface area contributed by atoms with E-state index in [4.69, 9.17) is 0 Å². The Morgan fingerprint density at radius 1 is 1.38 bits per heavy atom. The molecule has 0 fully saturated rings. The van der Waals surface area contributed by atoms with Crippen LogP contribution in [0, 0.1) is 0 Å². The van der Waals surface area contributed by atoms with Crippen molar-refractivity contribution in [2.75, 3.05) is 11.4 Å². The summed E-state index contributed by atoms with van der Waals surface area (Å²) >= 11 is 0. The molecular weight excluding hydrogens is 302 g/mol. The number of pyridine rings is 1. The van der Waals surface area contributed by atoms with Gasteiger partial charge in [0.1, 0.15) is 5.69 Å².